The van der Waals surface area contributed by atoms with E-state index in [1.807, 2.05) is 29.7 Å². The number of ether oxygens (including phenoxy) is 2. The summed E-state index contributed by atoms with van der Waals surface area (Å²) in [6.07, 6.45) is 0. The second kappa shape index (κ2) is 9.82. The number of benzene rings is 1. The van der Waals surface area contributed by atoms with Gasteiger partial charge in [0.1, 0.15) is 11.5 Å². The van der Waals surface area contributed by atoms with Crippen LogP contribution in [0.15, 0.2) is 23.2 Å². The summed E-state index contributed by atoms with van der Waals surface area (Å²) in [4.78, 5) is 30.5. The molecule has 2 amide bonds. The first kappa shape index (κ1) is 22.6. The van der Waals surface area contributed by atoms with Crippen LogP contribution in [0.3, 0.4) is 0 Å². The van der Waals surface area contributed by atoms with E-state index in [0.717, 1.165) is 15.8 Å². The fraction of sp³-hybridized carbons (Fsp3) is 0.526. The molecule has 0 aliphatic carbocycles. The minimum atomic E-state index is -3.92. The zero-order valence-corrected chi connectivity index (χ0v) is 18.6. The van der Waals surface area contributed by atoms with Gasteiger partial charge in [0.25, 0.3) is 5.91 Å². The molecule has 1 aliphatic heterocycles. The molecule has 0 spiro atoms. The van der Waals surface area contributed by atoms with Gasteiger partial charge in [0.15, 0.2) is 14.6 Å². The average molecular weight is 456 g/mol. The third-order valence-corrected chi connectivity index (χ3v) is 7.04. The number of aryl methyl sites for hydroxylation is 1. The number of thiazole rings is 1. The van der Waals surface area contributed by atoms with Crippen LogP contribution in [0.4, 0.5) is 0 Å². The number of sulfone groups is 1. The molecular weight excluding hydrogens is 430 g/mol. The van der Waals surface area contributed by atoms with Crippen LogP contribution in [0.1, 0.15) is 5.56 Å². The minimum absolute atomic E-state index is 0.355. The summed E-state index contributed by atoms with van der Waals surface area (Å²) >= 11 is 1.32. The van der Waals surface area contributed by atoms with Crippen LogP contribution in [0, 0.1) is 6.92 Å². The number of methoxy groups -OCH3 is 1. The molecule has 0 unspecified atom stereocenters. The second-order valence-electron chi connectivity index (χ2n) is 7.03. The van der Waals surface area contributed by atoms with Gasteiger partial charge < -0.3 is 18.9 Å². The maximum atomic E-state index is 12.4. The molecule has 164 valence electrons. The summed E-state index contributed by atoms with van der Waals surface area (Å²) in [6, 6.07) is 5.90. The molecule has 11 heteroatoms. The lowest BCUT2D eigenvalue weighted by atomic mass is 10.2. The highest BCUT2D eigenvalue weighted by molar-refractivity contribution is 7.92. The lowest BCUT2D eigenvalue weighted by Crippen LogP contribution is -2.43. The Labute approximate surface area is 178 Å². The maximum absolute atomic E-state index is 12.4. The summed E-state index contributed by atoms with van der Waals surface area (Å²) < 4.78 is 37.8. The zero-order chi connectivity index (χ0) is 21.7. The molecule has 0 atom stereocenters. The zero-order valence-electron chi connectivity index (χ0n) is 17.0. The van der Waals surface area contributed by atoms with E-state index in [2.05, 4.69) is 4.99 Å². The van der Waals surface area contributed by atoms with Crippen LogP contribution >= 0.6 is 11.3 Å². The Morgan fingerprint density at radius 1 is 1.23 bits per heavy atom. The molecule has 2 heterocycles. The number of fused-ring (bicyclic) bond motifs is 1. The lowest BCUT2D eigenvalue weighted by molar-refractivity contribution is -0.132. The van der Waals surface area contributed by atoms with E-state index >= 15 is 0 Å². The number of carbonyl (C=O) groups is 2. The quantitative estimate of drug-likeness (QED) is 0.597. The van der Waals surface area contributed by atoms with Crippen molar-refractivity contribution in [3.8, 4) is 0 Å². The summed E-state index contributed by atoms with van der Waals surface area (Å²) in [5.74, 6) is -2.82. The van der Waals surface area contributed by atoms with Gasteiger partial charge in [0.05, 0.1) is 30.0 Å². The molecule has 0 radical (unpaired) electrons. The fourth-order valence-corrected chi connectivity index (χ4v) is 5.41. The summed E-state index contributed by atoms with van der Waals surface area (Å²) in [5, 5.41) is 0. The normalized spacial score (nSPS) is 15.7. The predicted molar refractivity (Wildman–Crippen MR) is 113 cm³/mol. The van der Waals surface area contributed by atoms with Gasteiger partial charge in [0, 0.05) is 26.7 Å². The number of nitrogens with zero attached hydrogens (tertiary/aromatic N) is 3. The Morgan fingerprint density at radius 3 is 2.67 bits per heavy atom. The second-order valence-corrected chi connectivity index (χ2v) is 10.1. The Morgan fingerprint density at radius 2 is 1.97 bits per heavy atom. The van der Waals surface area contributed by atoms with Crippen molar-refractivity contribution in [1.29, 1.82) is 0 Å². The molecule has 2 aromatic rings. The maximum Gasteiger partial charge on any atom is 0.263 e. The van der Waals surface area contributed by atoms with Crippen LogP contribution < -0.4 is 4.80 Å². The van der Waals surface area contributed by atoms with Gasteiger partial charge >= 0.3 is 0 Å². The molecule has 1 aromatic carbocycles. The van der Waals surface area contributed by atoms with Crippen molar-refractivity contribution in [2.75, 3.05) is 51.5 Å². The van der Waals surface area contributed by atoms with Crippen LogP contribution in [0.2, 0.25) is 0 Å². The Balaban J connectivity index is 1.79. The summed E-state index contributed by atoms with van der Waals surface area (Å²) in [5.41, 5.74) is 1.98. The largest absolute Gasteiger partial charge is 0.383 e. The standard InChI is InChI=1S/C19H25N3O6S2/c1-14-3-4-15-16(11-14)29-19(22(15)7-8-27-2)20-17(23)12-30(25,26)13-18(24)21-5-9-28-10-6-21/h3-4,11H,5-10,12-13H2,1-2H3. The van der Waals surface area contributed by atoms with Crippen LogP contribution in [0.25, 0.3) is 10.2 Å². The van der Waals surface area contributed by atoms with E-state index in [9.17, 15) is 18.0 Å². The van der Waals surface area contributed by atoms with Crippen molar-refractivity contribution in [2.45, 2.75) is 13.5 Å². The van der Waals surface area contributed by atoms with E-state index in [0.29, 0.717) is 44.3 Å². The first-order valence-electron chi connectivity index (χ1n) is 9.51. The molecule has 0 bridgehead atoms. The van der Waals surface area contributed by atoms with E-state index in [1.165, 1.54) is 16.2 Å². The number of amides is 2. The highest BCUT2D eigenvalue weighted by Gasteiger charge is 2.25. The number of hydrogen-bond acceptors (Lipinski definition) is 7. The van der Waals surface area contributed by atoms with Crippen molar-refractivity contribution < 1.29 is 27.5 Å². The van der Waals surface area contributed by atoms with E-state index in [4.69, 9.17) is 9.47 Å². The van der Waals surface area contributed by atoms with E-state index in [-0.39, 0.29) is 0 Å². The molecule has 0 N–H and O–H groups in total. The summed E-state index contributed by atoms with van der Waals surface area (Å²) in [6.45, 7) is 4.35. The molecule has 3 rings (SSSR count). The molecule has 1 fully saturated rings. The molecule has 1 aromatic heterocycles. The summed E-state index contributed by atoms with van der Waals surface area (Å²) in [7, 11) is -2.34. The Bertz CT molecular complexity index is 1100. The van der Waals surface area contributed by atoms with Gasteiger partial charge in [-0.15, -0.1) is 0 Å². The Hall–Kier alpha value is -2.08. The van der Waals surface area contributed by atoms with E-state index < -0.39 is 33.2 Å². The van der Waals surface area contributed by atoms with Gasteiger partial charge in [0.2, 0.25) is 5.91 Å². The topological polar surface area (TPSA) is 107 Å². The van der Waals surface area contributed by atoms with Gasteiger partial charge in [-0.05, 0) is 24.6 Å². The van der Waals surface area contributed by atoms with Crippen LogP contribution in [0.5, 0.6) is 0 Å². The monoisotopic (exact) mass is 455 g/mol. The predicted octanol–water partition coefficient (Wildman–Crippen LogP) is 0.359. The van der Waals surface area contributed by atoms with Crippen molar-refractivity contribution >= 4 is 43.2 Å². The lowest BCUT2D eigenvalue weighted by Gasteiger charge is -2.26. The van der Waals surface area contributed by atoms with Gasteiger partial charge in [-0.3, -0.25) is 9.59 Å². The number of morpholine rings is 1. The van der Waals surface area contributed by atoms with Gasteiger partial charge in [-0.2, -0.15) is 4.99 Å². The van der Waals surface area contributed by atoms with Crippen molar-refractivity contribution in [3.05, 3.63) is 28.6 Å². The third kappa shape index (κ3) is 5.75. The Kier molecular flexibility index (Phi) is 7.40. The molecule has 0 saturated carbocycles. The molecule has 30 heavy (non-hydrogen) atoms. The molecular formula is C19H25N3O6S2. The molecule has 9 nitrogen and oxygen atoms in total. The number of carbonyl (C=O) groups excluding carboxylic acids is 2. The van der Waals surface area contributed by atoms with Crippen molar-refractivity contribution in [2.24, 2.45) is 4.99 Å². The smallest absolute Gasteiger partial charge is 0.263 e. The minimum Gasteiger partial charge on any atom is -0.383 e. The van der Waals surface area contributed by atoms with Crippen molar-refractivity contribution in [1.82, 2.24) is 9.47 Å². The van der Waals surface area contributed by atoms with Crippen LogP contribution in [-0.4, -0.2) is 81.2 Å². The SMILES string of the molecule is COCCn1c(=NC(=O)CS(=O)(=O)CC(=O)N2CCOCC2)sc2cc(C)ccc21. The van der Waals surface area contributed by atoms with Gasteiger partial charge in [-0.1, -0.05) is 17.4 Å². The van der Waals surface area contributed by atoms with E-state index in [1.54, 1.807) is 7.11 Å². The van der Waals surface area contributed by atoms with Gasteiger partial charge in [-0.25, -0.2) is 8.42 Å². The highest BCUT2D eigenvalue weighted by atomic mass is 32.2. The third-order valence-electron chi connectivity index (χ3n) is 4.63. The fourth-order valence-electron chi connectivity index (χ4n) is 3.13. The number of aromatic nitrogens is 1. The van der Waals surface area contributed by atoms with Crippen LogP contribution in [-0.2, 0) is 35.4 Å². The molecule has 1 saturated heterocycles. The number of hydrogen-bond donors (Lipinski definition) is 0. The first-order valence-corrected chi connectivity index (χ1v) is 12.2. The first-order chi connectivity index (χ1) is 14.3. The number of rotatable bonds is 7. The van der Waals surface area contributed by atoms with Crippen molar-refractivity contribution in [3.63, 3.8) is 0 Å². The molecule has 1 aliphatic rings. The highest BCUT2D eigenvalue weighted by Crippen LogP contribution is 2.19. The average Bonchev–Trinajstić information content (AvgIpc) is 3.01.